The van der Waals surface area contributed by atoms with Crippen LogP contribution in [-0.4, -0.2) is 4.98 Å². The molecule has 4 heteroatoms. The van der Waals surface area contributed by atoms with Gasteiger partial charge >= 0.3 is 0 Å². The van der Waals surface area contributed by atoms with Crippen LogP contribution in [0.15, 0.2) is 12.1 Å². The third kappa shape index (κ3) is 1.03. The molecule has 1 aromatic heterocycles. The molecule has 1 aromatic carbocycles. The highest BCUT2D eigenvalue weighted by Gasteiger charge is 2.12. The summed E-state index contributed by atoms with van der Waals surface area (Å²) in [6.45, 7) is 1.77. The SMILES string of the molecule is Cc1cc(F)c2[nH]c(N)c(C#N)c2c1. The number of H-pyrrole nitrogens is 1. The first-order valence-corrected chi connectivity index (χ1v) is 4.11. The van der Waals surface area contributed by atoms with E-state index in [9.17, 15) is 4.39 Å². The Labute approximate surface area is 80.0 Å². The van der Waals surface area contributed by atoms with Crippen LogP contribution >= 0.6 is 0 Å². The molecule has 0 spiro atoms. The normalized spacial score (nSPS) is 10.4. The summed E-state index contributed by atoms with van der Waals surface area (Å²) in [5.41, 5.74) is 6.91. The number of hydrogen-bond acceptors (Lipinski definition) is 2. The fraction of sp³-hybridized carbons (Fsp3) is 0.100. The van der Waals surface area contributed by atoms with Gasteiger partial charge in [-0.25, -0.2) is 4.39 Å². The minimum Gasteiger partial charge on any atom is -0.384 e. The summed E-state index contributed by atoms with van der Waals surface area (Å²) in [6.07, 6.45) is 0. The number of hydrogen-bond donors (Lipinski definition) is 2. The van der Waals surface area contributed by atoms with E-state index in [-0.39, 0.29) is 11.6 Å². The van der Waals surface area contributed by atoms with E-state index >= 15 is 0 Å². The summed E-state index contributed by atoms with van der Waals surface area (Å²) >= 11 is 0. The molecular formula is C10H8FN3. The summed E-state index contributed by atoms with van der Waals surface area (Å²) in [4.78, 5) is 2.65. The van der Waals surface area contributed by atoms with E-state index in [1.807, 2.05) is 6.07 Å². The van der Waals surface area contributed by atoms with E-state index in [2.05, 4.69) is 4.98 Å². The van der Waals surface area contributed by atoms with Crippen LogP contribution < -0.4 is 5.73 Å². The second-order valence-electron chi connectivity index (χ2n) is 3.19. The highest BCUT2D eigenvalue weighted by molar-refractivity contribution is 5.91. The molecule has 0 atom stereocenters. The van der Waals surface area contributed by atoms with Gasteiger partial charge in [0.25, 0.3) is 0 Å². The van der Waals surface area contributed by atoms with Crippen molar-refractivity contribution in [3.63, 3.8) is 0 Å². The summed E-state index contributed by atoms with van der Waals surface area (Å²) in [7, 11) is 0. The zero-order valence-corrected chi connectivity index (χ0v) is 7.56. The smallest absolute Gasteiger partial charge is 0.147 e. The maximum atomic E-state index is 13.4. The quantitative estimate of drug-likeness (QED) is 0.666. The lowest BCUT2D eigenvalue weighted by Gasteiger charge is -1.95. The van der Waals surface area contributed by atoms with Gasteiger partial charge in [0.15, 0.2) is 0 Å². The summed E-state index contributed by atoms with van der Waals surface area (Å²) < 4.78 is 13.4. The molecule has 0 aliphatic heterocycles. The zero-order chi connectivity index (χ0) is 10.3. The number of rotatable bonds is 0. The highest BCUT2D eigenvalue weighted by Crippen LogP contribution is 2.26. The first-order valence-electron chi connectivity index (χ1n) is 4.11. The summed E-state index contributed by atoms with van der Waals surface area (Å²) in [5, 5.41) is 9.36. The van der Waals surface area contributed by atoms with Crippen molar-refractivity contribution in [2.75, 3.05) is 5.73 Å². The van der Waals surface area contributed by atoms with E-state index in [4.69, 9.17) is 11.0 Å². The highest BCUT2D eigenvalue weighted by atomic mass is 19.1. The van der Waals surface area contributed by atoms with Gasteiger partial charge in [0.05, 0.1) is 5.52 Å². The van der Waals surface area contributed by atoms with Crippen molar-refractivity contribution in [1.82, 2.24) is 4.98 Å². The number of nitrogens with zero attached hydrogens (tertiary/aromatic N) is 1. The Balaban J connectivity index is 2.97. The molecule has 0 bridgehead atoms. The topological polar surface area (TPSA) is 65.6 Å². The number of fused-ring (bicyclic) bond motifs is 1. The predicted octanol–water partition coefficient (Wildman–Crippen LogP) is 2.07. The largest absolute Gasteiger partial charge is 0.384 e. The Morgan fingerprint density at radius 1 is 1.50 bits per heavy atom. The number of nitrogens with one attached hydrogen (secondary N) is 1. The molecular weight excluding hydrogens is 181 g/mol. The first kappa shape index (κ1) is 8.57. The van der Waals surface area contributed by atoms with Gasteiger partial charge in [0.2, 0.25) is 0 Å². The minimum absolute atomic E-state index is 0.215. The molecule has 70 valence electrons. The van der Waals surface area contributed by atoms with Crippen LogP contribution in [0.3, 0.4) is 0 Å². The second kappa shape index (κ2) is 2.74. The lowest BCUT2D eigenvalue weighted by Crippen LogP contribution is -1.86. The number of nitrogens with two attached hydrogens (primary N) is 1. The maximum Gasteiger partial charge on any atom is 0.147 e. The van der Waals surface area contributed by atoms with Gasteiger partial charge in [-0.1, -0.05) is 0 Å². The van der Waals surface area contributed by atoms with Crippen LogP contribution in [0.25, 0.3) is 10.9 Å². The third-order valence-corrected chi connectivity index (χ3v) is 2.14. The van der Waals surface area contributed by atoms with Gasteiger partial charge in [-0.2, -0.15) is 5.26 Å². The van der Waals surface area contributed by atoms with Crippen LogP contribution in [0.2, 0.25) is 0 Å². The molecule has 3 nitrogen and oxygen atoms in total. The molecule has 0 amide bonds. The number of anilines is 1. The Kier molecular flexibility index (Phi) is 1.68. The molecule has 3 N–H and O–H groups in total. The van der Waals surface area contributed by atoms with Crippen molar-refractivity contribution in [3.05, 3.63) is 29.1 Å². The monoisotopic (exact) mass is 189 g/mol. The van der Waals surface area contributed by atoms with Gasteiger partial charge in [0, 0.05) is 5.39 Å². The van der Waals surface area contributed by atoms with Gasteiger partial charge < -0.3 is 10.7 Å². The molecule has 0 saturated heterocycles. The predicted molar refractivity (Wildman–Crippen MR) is 52.1 cm³/mol. The molecule has 0 saturated carbocycles. The number of benzene rings is 1. The molecule has 2 aromatic rings. The maximum absolute atomic E-state index is 13.4. The number of nitriles is 1. The molecule has 2 rings (SSSR count). The van der Waals surface area contributed by atoms with Crippen LogP contribution in [0, 0.1) is 24.1 Å². The number of aromatic amines is 1. The van der Waals surface area contributed by atoms with E-state index in [1.165, 1.54) is 6.07 Å². The number of aryl methyl sites for hydroxylation is 1. The molecule has 0 aliphatic rings. The van der Waals surface area contributed by atoms with Crippen LogP contribution in [0.1, 0.15) is 11.1 Å². The minimum atomic E-state index is -0.381. The average Bonchev–Trinajstić information content (AvgIpc) is 2.41. The van der Waals surface area contributed by atoms with E-state index in [0.717, 1.165) is 5.56 Å². The van der Waals surface area contributed by atoms with Crippen molar-refractivity contribution in [2.24, 2.45) is 0 Å². The van der Waals surface area contributed by atoms with E-state index < -0.39 is 0 Å². The van der Waals surface area contributed by atoms with Crippen molar-refractivity contribution in [1.29, 1.82) is 5.26 Å². The number of halogens is 1. The molecule has 1 heterocycles. The second-order valence-corrected chi connectivity index (χ2v) is 3.19. The summed E-state index contributed by atoms with van der Waals surface area (Å²) in [6, 6.07) is 5.09. The summed E-state index contributed by atoms with van der Waals surface area (Å²) in [5.74, 6) is -0.166. The zero-order valence-electron chi connectivity index (χ0n) is 7.56. The molecule has 0 fully saturated rings. The van der Waals surface area contributed by atoms with Crippen LogP contribution in [-0.2, 0) is 0 Å². The lowest BCUT2D eigenvalue weighted by molar-refractivity contribution is 0.636. The van der Waals surface area contributed by atoms with Crippen molar-refractivity contribution in [2.45, 2.75) is 6.92 Å². The fourth-order valence-electron chi connectivity index (χ4n) is 1.53. The molecule has 0 unspecified atom stereocenters. The van der Waals surface area contributed by atoms with Gasteiger partial charge in [-0.05, 0) is 24.6 Å². The standard InChI is InChI=1S/C10H8FN3/c1-5-2-6-7(4-12)10(13)14-9(6)8(11)3-5/h2-3,14H,13H2,1H3. The fourth-order valence-corrected chi connectivity index (χ4v) is 1.53. The van der Waals surface area contributed by atoms with E-state index in [0.29, 0.717) is 16.5 Å². The number of aromatic nitrogens is 1. The van der Waals surface area contributed by atoms with Crippen molar-refractivity contribution >= 4 is 16.7 Å². The Morgan fingerprint density at radius 3 is 2.86 bits per heavy atom. The Hall–Kier alpha value is -2.02. The van der Waals surface area contributed by atoms with Crippen molar-refractivity contribution < 1.29 is 4.39 Å². The van der Waals surface area contributed by atoms with Crippen LogP contribution in [0.5, 0.6) is 0 Å². The van der Waals surface area contributed by atoms with Crippen molar-refractivity contribution in [3.8, 4) is 6.07 Å². The molecule has 0 radical (unpaired) electrons. The lowest BCUT2D eigenvalue weighted by atomic mass is 10.1. The van der Waals surface area contributed by atoms with E-state index in [1.54, 1.807) is 13.0 Å². The van der Waals surface area contributed by atoms with Crippen LogP contribution in [0.4, 0.5) is 10.2 Å². The van der Waals surface area contributed by atoms with Gasteiger partial charge in [-0.3, -0.25) is 0 Å². The Bertz CT molecular complexity index is 548. The number of nitrogen functional groups attached to an aromatic ring is 1. The molecule has 14 heavy (non-hydrogen) atoms. The first-order chi connectivity index (χ1) is 6.63. The third-order valence-electron chi connectivity index (χ3n) is 2.14. The Morgan fingerprint density at radius 2 is 2.21 bits per heavy atom. The molecule has 0 aliphatic carbocycles. The van der Waals surface area contributed by atoms with Gasteiger partial charge in [-0.15, -0.1) is 0 Å². The van der Waals surface area contributed by atoms with Gasteiger partial charge in [0.1, 0.15) is 23.3 Å². The average molecular weight is 189 g/mol.